The molecule has 0 radical (unpaired) electrons. The van der Waals surface area contributed by atoms with Gasteiger partial charge in [0.25, 0.3) is 0 Å². The lowest BCUT2D eigenvalue weighted by Gasteiger charge is -2.28. The van der Waals surface area contributed by atoms with Gasteiger partial charge < -0.3 is 15.3 Å². The van der Waals surface area contributed by atoms with Crippen LogP contribution in [0, 0.1) is 5.92 Å². The van der Waals surface area contributed by atoms with E-state index in [2.05, 4.69) is 5.32 Å². The van der Waals surface area contributed by atoms with Crippen molar-refractivity contribution in [3.05, 3.63) is 0 Å². The Balaban J connectivity index is 1.55. The van der Waals surface area contributed by atoms with Gasteiger partial charge in [0, 0.05) is 19.0 Å². The Bertz CT molecular complexity index is 426. The number of hydrogen-bond acceptors (Lipinski definition) is 3. The molecule has 2 aliphatic carbocycles. The van der Waals surface area contributed by atoms with Gasteiger partial charge in [0.15, 0.2) is 0 Å². The Morgan fingerprint density at radius 1 is 1.05 bits per heavy atom. The predicted octanol–water partition coefficient (Wildman–Crippen LogP) is 1.59. The first kappa shape index (κ1) is 15.8. The van der Waals surface area contributed by atoms with E-state index in [1.165, 1.54) is 0 Å². The van der Waals surface area contributed by atoms with Gasteiger partial charge in [-0.15, -0.1) is 0 Å². The number of carbonyl (C=O) groups excluding carboxylic acids is 2. The molecule has 0 spiro atoms. The Kier molecular flexibility index (Phi) is 4.71. The van der Waals surface area contributed by atoms with E-state index in [9.17, 15) is 14.7 Å². The molecule has 2 amide bonds. The molecule has 0 aromatic rings. The first-order chi connectivity index (χ1) is 10.6. The Morgan fingerprint density at radius 3 is 2.41 bits per heavy atom. The van der Waals surface area contributed by atoms with E-state index < -0.39 is 5.60 Å². The van der Waals surface area contributed by atoms with Crippen molar-refractivity contribution in [2.45, 2.75) is 75.9 Å². The Labute approximate surface area is 132 Å². The summed E-state index contributed by atoms with van der Waals surface area (Å²) in [6, 6.07) is -0.321. The number of hydrogen-bond donors (Lipinski definition) is 2. The summed E-state index contributed by atoms with van der Waals surface area (Å²) < 4.78 is 0. The summed E-state index contributed by atoms with van der Waals surface area (Å²) in [6.07, 6.45) is 9.47. The van der Waals surface area contributed by atoms with Crippen LogP contribution in [-0.2, 0) is 9.59 Å². The van der Waals surface area contributed by atoms with E-state index in [-0.39, 0.29) is 23.8 Å². The number of carbonyl (C=O) groups is 2. The lowest BCUT2D eigenvalue weighted by Crippen LogP contribution is -2.50. The minimum atomic E-state index is -0.728. The van der Waals surface area contributed by atoms with Crippen molar-refractivity contribution in [1.82, 2.24) is 10.2 Å². The minimum Gasteiger partial charge on any atom is -0.388 e. The molecule has 3 aliphatic rings. The highest BCUT2D eigenvalue weighted by Crippen LogP contribution is 2.31. The van der Waals surface area contributed by atoms with Crippen LogP contribution in [0.25, 0.3) is 0 Å². The first-order valence-electron chi connectivity index (χ1n) is 8.90. The fraction of sp³-hybridized carbons (Fsp3) is 0.882. The van der Waals surface area contributed by atoms with Crippen molar-refractivity contribution >= 4 is 11.8 Å². The van der Waals surface area contributed by atoms with Gasteiger partial charge in [0.1, 0.15) is 6.04 Å². The smallest absolute Gasteiger partial charge is 0.242 e. The summed E-state index contributed by atoms with van der Waals surface area (Å²) in [5, 5.41) is 13.2. The zero-order chi connectivity index (χ0) is 15.6. The quantitative estimate of drug-likeness (QED) is 0.828. The molecule has 1 heterocycles. The van der Waals surface area contributed by atoms with Crippen LogP contribution in [0.5, 0.6) is 0 Å². The Morgan fingerprint density at radius 2 is 1.73 bits per heavy atom. The maximum Gasteiger partial charge on any atom is 0.242 e. The molecule has 2 N–H and O–H groups in total. The van der Waals surface area contributed by atoms with Crippen LogP contribution in [0.15, 0.2) is 0 Å². The van der Waals surface area contributed by atoms with Crippen molar-refractivity contribution in [1.29, 1.82) is 0 Å². The molecule has 2 saturated carbocycles. The molecule has 1 aliphatic heterocycles. The fourth-order valence-corrected chi connectivity index (χ4v) is 4.29. The summed E-state index contributed by atoms with van der Waals surface area (Å²) in [7, 11) is 0. The van der Waals surface area contributed by atoms with Gasteiger partial charge in [0.05, 0.1) is 5.60 Å². The van der Waals surface area contributed by atoms with Crippen LogP contribution in [-0.4, -0.2) is 46.6 Å². The highest BCUT2D eigenvalue weighted by Gasteiger charge is 2.39. The summed E-state index contributed by atoms with van der Waals surface area (Å²) in [5.41, 5.74) is -0.728. The van der Waals surface area contributed by atoms with Gasteiger partial charge in [0.2, 0.25) is 11.8 Å². The maximum absolute atomic E-state index is 12.6. The van der Waals surface area contributed by atoms with Crippen LogP contribution in [0.2, 0.25) is 0 Å². The first-order valence-corrected chi connectivity index (χ1v) is 8.90. The van der Waals surface area contributed by atoms with Gasteiger partial charge >= 0.3 is 0 Å². The SMILES string of the molecule is O=C(NCC1(O)CCCC1)C1CCCN1C(=O)C1CCCC1. The zero-order valence-electron chi connectivity index (χ0n) is 13.4. The van der Waals surface area contributed by atoms with E-state index in [1.807, 2.05) is 0 Å². The largest absolute Gasteiger partial charge is 0.388 e. The molecule has 1 unspecified atom stereocenters. The number of rotatable bonds is 4. The molecule has 22 heavy (non-hydrogen) atoms. The third-order valence-electron chi connectivity index (χ3n) is 5.67. The molecule has 5 nitrogen and oxygen atoms in total. The third kappa shape index (κ3) is 3.29. The van der Waals surface area contributed by atoms with E-state index in [0.717, 1.165) is 64.2 Å². The molecular formula is C17H28N2O3. The van der Waals surface area contributed by atoms with Crippen molar-refractivity contribution in [2.24, 2.45) is 5.92 Å². The highest BCUT2D eigenvalue weighted by molar-refractivity contribution is 5.89. The van der Waals surface area contributed by atoms with Crippen molar-refractivity contribution < 1.29 is 14.7 Å². The van der Waals surface area contributed by atoms with Crippen LogP contribution in [0.4, 0.5) is 0 Å². The van der Waals surface area contributed by atoms with Crippen LogP contribution < -0.4 is 5.32 Å². The number of likely N-dealkylation sites (tertiary alicyclic amines) is 1. The standard InChI is InChI=1S/C17H28N2O3/c20-15(18-12-17(22)9-3-4-10-17)14-8-5-11-19(14)16(21)13-6-1-2-7-13/h13-14,22H,1-12H2,(H,18,20). The molecule has 1 saturated heterocycles. The normalized spacial score (nSPS) is 28.2. The molecule has 3 rings (SSSR count). The van der Waals surface area contributed by atoms with Crippen LogP contribution in [0.1, 0.15) is 64.2 Å². The molecule has 5 heteroatoms. The summed E-state index contributed by atoms with van der Waals surface area (Å²) >= 11 is 0. The molecule has 0 aromatic carbocycles. The summed E-state index contributed by atoms with van der Waals surface area (Å²) in [6.45, 7) is 1.03. The average Bonchev–Trinajstić information content (AvgIpc) is 3.25. The molecular weight excluding hydrogens is 280 g/mol. The van der Waals surface area contributed by atoms with Crippen LogP contribution >= 0.6 is 0 Å². The minimum absolute atomic E-state index is 0.0795. The second-order valence-electron chi connectivity index (χ2n) is 7.32. The zero-order valence-corrected chi connectivity index (χ0v) is 13.4. The van der Waals surface area contributed by atoms with Gasteiger partial charge in [-0.25, -0.2) is 0 Å². The van der Waals surface area contributed by atoms with Gasteiger partial charge in [-0.2, -0.15) is 0 Å². The summed E-state index contributed by atoms with van der Waals surface area (Å²) in [4.78, 5) is 26.8. The topological polar surface area (TPSA) is 69.6 Å². The summed E-state index contributed by atoms with van der Waals surface area (Å²) in [5.74, 6) is 0.228. The van der Waals surface area contributed by atoms with E-state index in [0.29, 0.717) is 13.1 Å². The highest BCUT2D eigenvalue weighted by atomic mass is 16.3. The predicted molar refractivity (Wildman–Crippen MR) is 83.1 cm³/mol. The lowest BCUT2D eigenvalue weighted by molar-refractivity contribution is -0.141. The van der Waals surface area contributed by atoms with E-state index in [1.54, 1.807) is 4.90 Å². The van der Waals surface area contributed by atoms with Crippen molar-refractivity contribution in [3.63, 3.8) is 0 Å². The number of aliphatic hydroxyl groups is 1. The van der Waals surface area contributed by atoms with Gasteiger partial charge in [-0.3, -0.25) is 9.59 Å². The van der Waals surface area contributed by atoms with Crippen LogP contribution in [0.3, 0.4) is 0 Å². The third-order valence-corrected chi connectivity index (χ3v) is 5.67. The monoisotopic (exact) mass is 308 g/mol. The average molecular weight is 308 g/mol. The molecule has 3 fully saturated rings. The molecule has 1 atom stereocenters. The number of amides is 2. The second-order valence-corrected chi connectivity index (χ2v) is 7.32. The fourth-order valence-electron chi connectivity index (χ4n) is 4.29. The molecule has 124 valence electrons. The van der Waals surface area contributed by atoms with Crippen molar-refractivity contribution in [2.75, 3.05) is 13.1 Å². The maximum atomic E-state index is 12.6. The second kappa shape index (κ2) is 6.57. The number of nitrogens with zero attached hydrogens (tertiary/aromatic N) is 1. The van der Waals surface area contributed by atoms with Crippen molar-refractivity contribution in [3.8, 4) is 0 Å². The van der Waals surface area contributed by atoms with E-state index in [4.69, 9.17) is 0 Å². The van der Waals surface area contributed by atoms with E-state index >= 15 is 0 Å². The molecule has 0 aromatic heterocycles. The lowest BCUT2D eigenvalue weighted by atomic mass is 10.0. The molecule has 0 bridgehead atoms. The van der Waals surface area contributed by atoms with Gasteiger partial charge in [-0.1, -0.05) is 25.7 Å². The van der Waals surface area contributed by atoms with Gasteiger partial charge in [-0.05, 0) is 38.5 Å². The Hall–Kier alpha value is -1.10. The number of nitrogens with one attached hydrogen (secondary N) is 1.